The number of benzene rings is 2. The van der Waals surface area contributed by atoms with E-state index in [4.69, 9.17) is 0 Å². The van der Waals surface area contributed by atoms with Crippen molar-refractivity contribution in [2.75, 3.05) is 11.9 Å². The van der Waals surface area contributed by atoms with Crippen LogP contribution in [-0.4, -0.2) is 30.4 Å². The molecule has 0 bridgehead atoms. The molecule has 2 aromatic carbocycles. The van der Waals surface area contributed by atoms with Gasteiger partial charge >= 0.3 is 0 Å². The Labute approximate surface area is 172 Å². The van der Waals surface area contributed by atoms with Gasteiger partial charge in [0.25, 0.3) is 0 Å². The van der Waals surface area contributed by atoms with Crippen molar-refractivity contribution < 1.29 is 9.59 Å². The van der Waals surface area contributed by atoms with Crippen LogP contribution < -0.4 is 16.0 Å². The number of aryl methyl sites for hydroxylation is 3. The Kier molecular flexibility index (Phi) is 6.25. The van der Waals surface area contributed by atoms with Crippen molar-refractivity contribution in [1.82, 2.24) is 10.6 Å². The average molecular weight is 392 g/mol. The molecule has 4 rings (SSSR count). The third-order valence-electron chi connectivity index (χ3n) is 5.89. The molecule has 5 heteroatoms. The number of fused-ring (bicyclic) bond motifs is 1. The summed E-state index contributed by atoms with van der Waals surface area (Å²) in [5.41, 5.74) is 4.87. The van der Waals surface area contributed by atoms with Crippen molar-refractivity contribution in [3.8, 4) is 0 Å². The van der Waals surface area contributed by atoms with Gasteiger partial charge in [-0.25, -0.2) is 0 Å². The number of rotatable bonds is 7. The topological polar surface area (TPSA) is 70.2 Å². The van der Waals surface area contributed by atoms with Crippen molar-refractivity contribution in [1.29, 1.82) is 0 Å². The van der Waals surface area contributed by atoms with E-state index in [9.17, 15) is 9.59 Å². The molecule has 0 spiro atoms. The molecule has 2 amide bonds. The summed E-state index contributed by atoms with van der Waals surface area (Å²) < 4.78 is 0. The van der Waals surface area contributed by atoms with Gasteiger partial charge < -0.3 is 16.0 Å². The summed E-state index contributed by atoms with van der Waals surface area (Å²) in [5, 5.41) is 9.33. The van der Waals surface area contributed by atoms with Gasteiger partial charge in [0.15, 0.2) is 0 Å². The molecule has 3 N–H and O–H groups in total. The minimum atomic E-state index is -0.266. The first-order valence-corrected chi connectivity index (χ1v) is 10.7. The number of anilines is 1. The smallest absolute Gasteiger partial charge is 0.241 e. The minimum absolute atomic E-state index is 0.00926. The molecule has 0 aromatic heterocycles. The first kappa shape index (κ1) is 19.6. The first-order chi connectivity index (χ1) is 14.2. The molecule has 2 atom stereocenters. The van der Waals surface area contributed by atoms with Crippen LogP contribution in [0.2, 0.25) is 0 Å². The lowest BCUT2D eigenvalue weighted by Gasteiger charge is -2.13. The van der Waals surface area contributed by atoms with Crippen molar-refractivity contribution in [2.45, 2.75) is 57.0 Å². The highest BCUT2D eigenvalue weighted by Crippen LogP contribution is 2.25. The number of hydrogen-bond acceptors (Lipinski definition) is 3. The number of amides is 2. The fourth-order valence-electron chi connectivity index (χ4n) is 4.32. The van der Waals surface area contributed by atoms with E-state index in [1.807, 2.05) is 24.3 Å². The van der Waals surface area contributed by atoms with E-state index in [1.54, 1.807) is 0 Å². The lowest BCUT2D eigenvalue weighted by Crippen LogP contribution is -2.36. The highest BCUT2D eigenvalue weighted by Gasteiger charge is 2.30. The summed E-state index contributed by atoms with van der Waals surface area (Å²) >= 11 is 0. The second-order valence-corrected chi connectivity index (χ2v) is 8.13. The number of nitrogens with one attached hydrogen (secondary N) is 3. The molecule has 0 radical (unpaired) electrons. The van der Waals surface area contributed by atoms with Crippen LogP contribution >= 0.6 is 0 Å². The second-order valence-electron chi connectivity index (χ2n) is 8.13. The van der Waals surface area contributed by atoms with Crippen LogP contribution in [0.1, 0.15) is 42.4 Å². The molecule has 1 heterocycles. The Bertz CT molecular complexity index is 866. The Balaban J connectivity index is 1.19. The van der Waals surface area contributed by atoms with Gasteiger partial charge in [-0.2, -0.15) is 0 Å². The minimum Gasteiger partial charge on any atom is -0.352 e. The van der Waals surface area contributed by atoms with Crippen molar-refractivity contribution in [3.05, 3.63) is 65.2 Å². The van der Waals surface area contributed by atoms with Crippen molar-refractivity contribution in [3.63, 3.8) is 0 Å². The quantitative estimate of drug-likeness (QED) is 0.680. The predicted molar refractivity (Wildman–Crippen MR) is 115 cm³/mol. The molecule has 1 aliphatic carbocycles. The predicted octanol–water partition coefficient (Wildman–Crippen LogP) is 2.98. The van der Waals surface area contributed by atoms with Gasteiger partial charge in [-0.15, -0.1) is 0 Å². The normalized spacial score (nSPS) is 20.3. The van der Waals surface area contributed by atoms with E-state index in [-0.39, 0.29) is 23.9 Å². The molecule has 1 saturated heterocycles. The Morgan fingerprint density at radius 3 is 2.72 bits per heavy atom. The maximum absolute atomic E-state index is 12.6. The molecule has 1 aliphatic heterocycles. The molecule has 2 aliphatic rings. The summed E-state index contributed by atoms with van der Waals surface area (Å²) in [6.45, 7) is 0.632. The third kappa shape index (κ3) is 5.24. The molecule has 152 valence electrons. The largest absolute Gasteiger partial charge is 0.352 e. The lowest BCUT2D eigenvalue weighted by atomic mass is 10.1. The van der Waals surface area contributed by atoms with E-state index in [0.29, 0.717) is 19.4 Å². The van der Waals surface area contributed by atoms with Crippen LogP contribution in [0.3, 0.4) is 0 Å². The van der Waals surface area contributed by atoms with Crippen LogP contribution in [-0.2, 0) is 28.9 Å². The Hall–Kier alpha value is -2.66. The number of carbonyl (C=O) groups excluding carboxylic acids is 2. The SMILES string of the molecule is O=C(CCCc1ccccc1)N[C@H]1CN[C@H](C(=O)Nc2ccc3c(c2)CCC3)C1. The Morgan fingerprint density at radius 1 is 1.03 bits per heavy atom. The number of carbonyl (C=O) groups is 2. The highest BCUT2D eigenvalue weighted by molar-refractivity contribution is 5.95. The Morgan fingerprint density at radius 2 is 1.86 bits per heavy atom. The second kappa shape index (κ2) is 9.23. The highest BCUT2D eigenvalue weighted by atomic mass is 16.2. The van der Waals surface area contributed by atoms with Gasteiger partial charge in [0.05, 0.1) is 6.04 Å². The molecule has 29 heavy (non-hydrogen) atoms. The fourth-order valence-corrected chi connectivity index (χ4v) is 4.32. The van der Waals surface area contributed by atoms with Gasteiger partial charge in [-0.3, -0.25) is 9.59 Å². The van der Waals surface area contributed by atoms with E-state index in [0.717, 1.165) is 31.4 Å². The molecule has 2 aromatic rings. The van der Waals surface area contributed by atoms with Crippen LogP contribution in [0.15, 0.2) is 48.5 Å². The average Bonchev–Trinajstić information content (AvgIpc) is 3.38. The molecule has 5 nitrogen and oxygen atoms in total. The zero-order valence-electron chi connectivity index (χ0n) is 16.7. The zero-order valence-corrected chi connectivity index (χ0v) is 16.7. The lowest BCUT2D eigenvalue weighted by molar-refractivity contribution is -0.122. The molecular weight excluding hydrogens is 362 g/mol. The molecule has 0 unspecified atom stereocenters. The van der Waals surface area contributed by atoms with E-state index in [1.165, 1.54) is 23.1 Å². The van der Waals surface area contributed by atoms with Gasteiger partial charge in [0, 0.05) is 24.7 Å². The summed E-state index contributed by atoms with van der Waals surface area (Å²) in [6.07, 6.45) is 6.31. The van der Waals surface area contributed by atoms with Gasteiger partial charge in [-0.05, 0) is 67.3 Å². The number of hydrogen-bond donors (Lipinski definition) is 3. The summed E-state index contributed by atoms with van der Waals surface area (Å²) in [6, 6.07) is 16.2. The molecule has 0 saturated carbocycles. The summed E-state index contributed by atoms with van der Waals surface area (Å²) in [4.78, 5) is 24.8. The maximum atomic E-state index is 12.6. The van der Waals surface area contributed by atoms with Crippen molar-refractivity contribution >= 4 is 17.5 Å². The monoisotopic (exact) mass is 391 g/mol. The molecular formula is C24H29N3O2. The zero-order chi connectivity index (χ0) is 20.1. The van der Waals surface area contributed by atoms with E-state index in [2.05, 4.69) is 40.2 Å². The maximum Gasteiger partial charge on any atom is 0.241 e. The van der Waals surface area contributed by atoms with Crippen LogP contribution in [0, 0.1) is 0 Å². The van der Waals surface area contributed by atoms with Gasteiger partial charge in [0.1, 0.15) is 0 Å². The van der Waals surface area contributed by atoms with E-state index >= 15 is 0 Å². The summed E-state index contributed by atoms with van der Waals surface area (Å²) in [7, 11) is 0. The van der Waals surface area contributed by atoms with Gasteiger partial charge in [0.2, 0.25) is 11.8 Å². The summed E-state index contributed by atoms with van der Waals surface area (Å²) in [5.74, 6) is 0.0381. The van der Waals surface area contributed by atoms with Crippen LogP contribution in [0.4, 0.5) is 5.69 Å². The van der Waals surface area contributed by atoms with Crippen LogP contribution in [0.25, 0.3) is 0 Å². The van der Waals surface area contributed by atoms with Gasteiger partial charge in [-0.1, -0.05) is 36.4 Å². The third-order valence-corrected chi connectivity index (χ3v) is 5.89. The van der Waals surface area contributed by atoms with Crippen LogP contribution in [0.5, 0.6) is 0 Å². The van der Waals surface area contributed by atoms with E-state index < -0.39 is 0 Å². The standard InChI is InChI=1S/C24H29N3O2/c28-23(11-4-8-17-6-2-1-3-7-17)26-21-15-22(25-16-21)24(29)27-20-13-12-18-9-5-10-19(18)14-20/h1-3,6-7,12-14,21-22,25H,4-5,8-11,15-16H2,(H,26,28)(H,27,29)/t21-,22+/m1/s1. The molecule has 1 fully saturated rings. The fraction of sp³-hybridized carbons (Fsp3) is 0.417. The first-order valence-electron chi connectivity index (χ1n) is 10.7. The van der Waals surface area contributed by atoms with Crippen molar-refractivity contribution in [2.24, 2.45) is 0 Å².